The molecule has 60 valence electrons. The molecule has 0 amide bonds. The molecule has 0 atom stereocenters. The molecular weight excluding hydrogens is 136 g/mol. The topological polar surface area (TPSA) is 0 Å². The van der Waals surface area contributed by atoms with Crippen molar-refractivity contribution in [3.8, 4) is 0 Å². The molecule has 1 aliphatic carbocycles. The van der Waals surface area contributed by atoms with Crippen LogP contribution >= 0.6 is 0 Å². The Morgan fingerprint density at radius 1 is 1.30 bits per heavy atom. The molecule has 0 aromatic rings. The fourth-order valence-electron chi connectivity index (χ4n) is 1.48. The van der Waals surface area contributed by atoms with E-state index in [-0.39, 0.29) is 0 Å². The smallest absolute Gasteiger partial charge is 0.0473 e. The molecule has 0 unspecified atom stereocenters. The zero-order valence-electron chi connectivity index (χ0n) is 13.5. The molecule has 0 nitrogen and oxygen atoms in total. The monoisotopic (exact) mass is 163 g/mol. The number of hydrogen-bond acceptors (Lipinski definition) is 0. The predicted octanol–water partition coefficient (Wildman–Crippen LogP) is 3.66. The van der Waals surface area contributed by atoms with Crippen LogP contribution in [0.2, 0.25) is 25.0 Å². The predicted molar refractivity (Wildman–Crippen MR) is 50.2 cm³/mol. The summed E-state index contributed by atoms with van der Waals surface area (Å²) >= 11 is 0. The van der Waals surface area contributed by atoms with Gasteiger partial charge in [0.2, 0.25) is 0 Å². The van der Waals surface area contributed by atoms with E-state index < -0.39 is 26.5 Å². The van der Waals surface area contributed by atoms with Crippen molar-refractivity contribution in [3.05, 3.63) is 0 Å². The van der Waals surface area contributed by atoms with E-state index in [2.05, 4.69) is 0 Å². The molecule has 0 aromatic heterocycles. The number of hydrogen-bond donors (Lipinski definition) is 0. The Kier molecular flexibility index (Phi) is 0.902. The lowest BCUT2D eigenvalue weighted by Gasteiger charge is -2.32. The molecular formula is C9H20Si. The molecule has 0 bridgehead atoms. The Balaban J connectivity index is 3.24. The van der Waals surface area contributed by atoms with Crippen LogP contribution in [0.3, 0.4) is 0 Å². The van der Waals surface area contributed by atoms with Gasteiger partial charge in [-0.25, -0.2) is 0 Å². The quantitative estimate of drug-likeness (QED) is 0.518. The average molecular weight is 163 g/mol. The van der Waals surface area contributed by atoms with Crippen LogP contribution in [0.4, 0.5) is 0 Å². The average Bonchev–Trinajstić information content (AvgIpc) is 2.14. The summed E-state index contributed by atoms with van der Waals surface area (Å²) in [5.41, 5.74) is -1.23. The second kappa shape index (κ2) is 3.08. The van der Waals surface area contributed by atoms with Crippen LogP contribution in [0, 0.1) is 0 Å². The van der Waals surface area contributed by atoms with Gasteiger partial charge in [-0.2, -0.15) is 0 Å². The minimum Gasteiger partial charge on any atom is -0.0693 e. The molecule has 1 rings (SSSR count). The molecule has 0 spiro atoms. The summed E-state index contributed by atoms with van der Waals surface area (Å²) in [6, 6.07) is 0. The van der Waals surface area contributed by atoms with Gasteiger partial charge in [0.15, 0.2) is 0 Å². The summed E-state index contributed by atoms with van der Waals surface area (Å²) in [7, 11) is -3.71. The highest BCUT2D eigenvalue weighted by Gasteiger charge is 2.27. The first-order valence-electron chi connectivity index (χ1n) is 7.46. The van der Waals surface area contributed by atoms with Gasteiger partial charge in [-0.15, -0.1) is 0 Å². The molecule has 1 heteroatoms. The Labute approximate surface area is 75.9 Å². The van der Waals surface area contributed by atoms with Gasteiger partial charge in [-0.3, -0.25) is 0 Å². The molecule has 1 fully saturated rings. The van der Waals surface area contributed by atoms with E-state index in [1.54, 1.807) is 0 Å². The lowest BCUT2D eigenvalue weighted by atomic mass is 10.0. The van der Waals surface area contributed by atoms with Crippen molar-refractivity contribution in [2.24, 2.45) is 0 Å². The maximum atomic E-state index is 8.43. The van der Waals surface area contributed by atoms with E-state index in [0.29, 0.717) is 12.8 Å². The lowest BCUT2D eigenvalue weighted by Crippen LogP contribution is -2.29. The van der Waals surface area contributed by atoms with Gasteiger partial charge in [-0.05, 0) is 5.52 Å². The van der Waals surface area contributed by atoms with Crippen LogP contribution in [0.1, 0.15) is 41.7 Å². The third-order valence-electron chi connectivity index (χ3n) is 2.16. The summed E-state index contributed by atoms with van der Waals surface area (Å²) in [4.78, 5) is 0. The maximum Gasteiger partial charge on any atom is 0.0473 e. The largest absolute Gasteiger partial charge is 0.0693 e. The van der Waals surface area contributed by atoms with Crippen LogP contribution in [0.15, 0.2) is 0 Å². The standard InChI is InChI=1S/C9H20Si/c1-10(2,3)9-7-5-4-6-8-9/h9H,4-8H2,1-3H3/i1D3,2D3,9D. The van der Waals surface area contributed by atoms with Crippen LogP contribution in [-0.2, 0) is 0 Å². The summed E-state index contributed by atoms with van der Waals surface area (Å²) < 4.78 is 54.1. The van der Waals surface area contributed by atoms with E-state index in [1.165, 1.54) is 6.55 Å². The van der Waals surface area contributed by atoms with E-state index in [0.717, 1.165) is 19.3 Å². The molecule has 1 saturated carbocycles. The summed E-state index contributed by atoms with van der Waals surface area (Å²) in [6.45, 7) is -3.62. The first-order chi connectivity index (χ1) is 7.46. The van der Waals surface area contributed by atoms with Gasteiger partial charge >= 0.3 is 0 Å². The minimum atomic E-state index is -3.71. The molecule has 0 aliphatic heterocycles. The maximum absolute atomic E-state index is 8.43. The molecule has 0 N–H and O–H groups in total. The van der Waals surface area contributed by atoms with E-state index in [1.807, 2.05) is 0 Å². The third kappa shape index (κ3) is 2.12. The highest BCUT2D eigenvalue weighted by molar-refractivity contribution is 6.77. The second-order valence-corrected chi connectivity index (χ2v) is 6.25. The van der Waals surface area contributed by atoms with Crippen molar-refractivity contribution in [1.82, 2.24) is 0 Å². The van der Waals surface area contributed by atoms with Crippen LogP contribution in [0.5, 0.6) is 0 Å². The van der Waals surface area contributed by atoms with Crippen molar-refractivity contribution in [1.29, 1.82) is 0 Å². The van der Waals surface area contributed by atoms with Gasteiger partial charge in [0, 0.05) is 17.7 Å². The van der Waals surface area contributed by atoms with Crippen LogP contribution in [-0.4, -0.2) is 8.07 Å². The van der Waals surface area contributed by atoms with E-state index in [9.17, 15) is 0 Å². The Morgan fingerprint density at radius 2 is 1.90 bits per heavy atom. The van der Waals surface area contributed by atoms with Crippen molar-refractivity contribution in [2.75, 3.05) is 0 Å². The normalized spacial score (nSPS) is 39.1. The fraction of sp³-hybridized carbons (Fsp3) is 1.00. The summed E-state index contributed by atoms with van der Waals surface area (Å²) in [5, 5.41) is 0. The van der Waals surface area contributed by atoms with E-state index >= 15 is 0 Å². The Morgan fingerprint density at radius 3 is 2.40 bits per heavy atom. The van der Waals surface area contributed by atoms with Crippen molar-refractivity contribution in [3.63, 3.8) is 0 Å². The van der Waals surface area contributed by atoms with Crippen LogP contribution in [0.25, 0.3) is 0 Å². The molecule has 0 saturated heterocycles. The molecule has 1 aliphatic rings. The molecule has 0 aromatic carbocycles. The molecule has 0 heterocycles. The van der Waals surface area contributed by atoms with E-state index in [4.69, 9.17) is 9.60 Å². The SMILES string of the molecule is [2H]C([2H])([2H])[Si](C)(C([2H])([2H])[2H])C1([2H])CCCCC1. The van der Waals surface area contributed by atoms with Gasteiger partial charge in [0.1, 0.15) is 0 Å². The van der Waals surface area contributed by atoms with Crippen molar-refractivity contribution in [2.45, 2.75) is 57.1 Å². The third-order valence-corrected chi connectivity index (χ3v) is 4.08. The zero-order chi connectivity index (χ0) is 13.5. The fourth-order valence-corrected chi connectivity index (χ4v) is 2.83. The highest BCUT2D eigenvalue weighted by Crippen LogP contribution is 2.36. The van der Waals surface area contributed by atoms with Gasteiger partial charge in [0.25, 0.3) is 0 Å². The number of rotatable bonds is 1. The first kappa shape index (κ1) is 2.93. The Hall–Kier alpha value is 0.217. The van der Waals surface area contributed by atoms with Gasteiger partial charge in [0.05, 0.1) is 0 Å². The lowest BCUT2D eigenvalue weighted by molar-refractivity contribution is 0.493. The van der Waals surface area contributed by atoms with Gasteiger partial charge in [-0.1, -0.05) is 51.6 Å². The van der Waals surface area contributed by atoms with Crippen molar-refractivity contribution >= 4 is 8.07 Å². The van der Waals surface area contributed by atoms with Crippen LogP contribution < -0.4 is 0 Å². The second-order valence-electron chi connectivity index (χ2n) is 3.29. The zero-order valence-corrected chi connectivity index (χ0v) is 7.54. The first-order valence-corrected chi connectivity index (χ1v) is 6.46. The van der Waals surface area contributed by atoms with Crippen molar-refractivity contribution < 1.29 is 9.60 Å². The summed E-state index contributed by atoms with van der Waals surface area (Å²) in [6.07, 6.45) is 3.38. The molecule has 0 radical (unpaired) electrons. The Bertz CT molecular complexity index is 260. The summed E-state index contributed by atoms with van der Waals surface area (Å²) in [5.74, 6) is 0. The highest BCUT2D eigenvalue weighted by atomic mass is 28.3. The molecule has 10 heavy (non-hydrogen) atoms. The minimum absolute atomic E-state index is 0.423. The van der Waals surface area contributed by atoms with Gasteiger partial charge < -0.3 is 0 Å².